The number of fused-ring (bicyclic) bond motifs is 1. The van der Waals surface area contributed by atoms with Crippen molar-refractivity contribution in [1.29, 1.82) is 0 Å². The number of aromatic nitrogens is 2. The molecule has 0 aliphatic carbocycles. The van der Waals surface area contributed by atoms with E-state index < -0.39 is 10.0 Å². The maximum absolute atomic E-state index is 14.0. The first kappa shape index (κ1) is 23.8. The van der Waals surface area contributed by atoms with Gasteiger partial charge in [0.05, 0.1) is 30.0 Å². The van der Waals surface area contributed by atoms with Gasteiger partial charge < -0.3 is 9.88 Å². The molecule has 0 spiro atoms. The van der Waals surface area contributed by atoms with Crippen LogP contribution in [-0.4, -0.2) is 41.8 Å². The highest BCUT2D eigenvalue weighted by Gasteiger charge is 2.36. The summed E-state index contributed by atoms with van der Waals surface area (Å²) in [6.07, 6.45) is 4.58. The summed E-state index contributed by atoms with van der Waals surface area (Å²) in [5.41, 5.74) is 4.59. The maximum Gasteiger partial charge on any atom is 0.243 e. The molecule has 1 unspecified atom stereocenters. The van der Waals surface area contributed by atoms with Gasteiger partial charge in [-0.05, 0) is 42.2 Å². The van der Waals surface area contributed by atoms with E-state index in [1.54, 1.807) is 41.1 Å². The molecule has 1 aromatic heterocycles. The fourth-order valence-electron chi connectivity index (χ4n) is 4.81. The van der Waals surface area contributed by atoms with Crippen LogP contribution < -0.4 is 4.90 Å². The summed E-state index contributed by atoms with van der Waals surface area (Å²) in [5.74, 6) is 0. The highest BCUT2D eigenvalue weighted by Crippen LogP contribution is 2.34. The van der Waals surface area contributed by atoms with E-state index in [0.29, 0.717) is 43.1 Å². The predicted molar refractivity (Wildman–Crippen MR) is 140 cm³/mol. The van der Waals surface area contributed by atoms with Gasteiger partial charge in [-0.2, -0.15) is 4.31 Å². The molecule has 0 saturated heterocycles. The van der Waals surface area contributed by atoms with Crippen LogP contribution in [-0.2, 0) is 29.4 Å². The molecule has 1 aliphatic rings. The van der Waals surface area contributed by atoms with Crippen LogP contribution >= 0.6 is 0 Å². The number of benzene rings is 3. The molecule has 0 fully saturated rings. The van der Waals surface area contributed by atoms with E-state index in [9.17, 15) is 8.42 Å². The molecule has 7 nitrogen and oxygen atoms in total. The Morgan fingerprint density at radius 1 is 1.06 bits per heavy atom. The number of imidazole rings is 1. The topological polar surface area (TPSA) is 73.7 Å². The van der Waals surface area contributed by atoms with Crippen molar-refractivity contribution < 1.29 is 8.42 Å². The lowest BCUT2D eigenvalue weighted by Crippen LogP contribution is -2.51. The van der Waals surface area contributed by atoms with Crippen LogP contribution in [0.3, 0.4) is 0 Å². The lowest BCUT2D eigenvalue weighted by Gasteiger charge is -2.41. The van der Waals surface area contributed by atoms with Crippen molar-refractivity contribution in [2.24, 2.45) is 0 Å². The van der Waals surface area contributed by atoms with E-state index >= 15 is 0 Å². The van der Waals surface area contributed by atoms with Crippen LogP contribution in [0.25, 0.3) is 4.85 Å². The van der Waals surface area contributed by atoms with Crippen LogP contribution in [0.1, 0.15) is 16.8 Å². The number of aromatic amines is 1. The summed E-state index contributed by atoms with van der Waals surface area (Å²) < 4.78 is 29.6. The number of H-pyrrole nitrogens is 1. The van der Waals surface area contributed by atoms with Crippen molar-refractivity contribution in [3.8, 4) is 0 Å². The molecule has 1 N–H and O–H groups in total. The minimum Gasteiger partial charge on any atom is -0.364 e. The predicted octanol–water partition coefficient (Wildman–Crippen LogP) is 4.83. The van der Waals surface area contributed by atoms with E-state index in [1.165, 1.54) is 0 Å². The Hall–Kier alpha value is -3.93. The van der Waals surface area contributed by atoms with Crippen molar-refractivity contribution in [2.75, 3.05) is 18.0 Å². The molecule has 1 atom stereocenters. The lowest BCUT2D eigenvalue weighted by molar-refractivity contribution is 0.311. The lowest BCUT2D eigenvalue weighted by atomic mass is 9.96. The van der Waals surface area contributed by atoms with Crippen molar-refractivity contribution in [3.05, 3.63) is 120 Å². The summed E-state index contributed by atoms with van der Waals surface area (Å²) in [6, 6.07) is 24.0. The first-order valence-electron chi connectivity index (χ1n) is 11.9. The molecule has 1 aliphatic heterocycles. The number of hydrogen-bond donors (Lipinski definition) is 1. The minimum absolute atomic E-state index is 0.291. The van der Waals surface area contributed by atoms with Gasteiger partial charge in [0.15, 0.2) is 5.69 Å². The Balaban J connectivity index is 1.53. The fourth-order valence-corrected chi connectivity index (χ4v) is 6.45. The molecule has 182 valence electrons. The SMILES string of the molecule is [C-]#[N+]c1ccc2c(c1)CC(N(CCc1ccccc1)S(=O)(=O)c1ccccc1)CN2Cc1cnc[nH]1. The average Bonchev–Trinajstić information content (AvgIpc) is 3.42. The van der Waals surface area contributed by atoms with Gasteiger partial charge in [-0.3, -0.25) is 0 Å². The Morgan fingerprint density at radius 3 is 2.50 bits per heavy atom. The van der Waals surface area contributed by atoms with Crippen LogP contribution in [0.5, 0.6) is 0 Å². The Bertz CT molecular complexity index is 1450. The second-order valence-corrected chi connectivity index (χ2v) is 10.8. The Labute approximate surface area is 211 Å². The second-order valence-electron chi connectivity index (χ2n) is 8.90. The van der Waals surface area contributed by atoms with E-state index in [-0.39, 0.29) is 6.04 Å². The molecule has 3 aromatic carbocycles. The van der Waals surface area contributed by atoms with Crippen LogP contribution in [0, 0.1) is 6.57 Å². The Morgan fingerprint density at radius 2 is 1.81 bits per heavy atom. The third-order valence-corrected chi connectivity index (χ3v) is 8.52. The summed E-state index contributed by atoms with van der Waals surface area (Å²) in [6.45, 7) is 8.93. The molecule has 0 bridgehead atoms. The standard InChI is InChI=1S/C28H27N5O2S/c1-29-24-12-13-28-23(16-24)17-26(20-32(28)19-25-18-30-21-31-25)33(15-14-22-8-4-2-5-9-22)36(34,35)27-10-6-3-7-11-27/h2-13,16,18,21,26H,14-15,17,19-20H2,(H,30,31). The van der Waals surface area contributed by atoms with Crippen molar-refractivity contribution in [1.82, 2.24) is 14.3 Å². The Kier molecular flexibility index (Phi) is 6.85. The monoisotopic (exact) mass is 497 g/mol. The number of nitrogens with one attached hydrogen (secondary N) is 1. The molecule has 0 radical (unpaired) electrons. The van der Waals surface area contributed by atoms with E-state index in [2.05, 4.69) is 19.7 Å². The summed E-state index contributed by atoms with van der Waals surface area (Å²) >= 11 is 0. The zero-order chi connectivity index (χ0) is 25.0. The molecule has 36 heavy (non-hydrogen) atoms. The normalized spacial score (nSPS) is 15.4. The van der Waals surface area contributed by atoms with Crippen LogP contribution in [0.2, 0.25) is 0 Å². The molecule has 0 saturated carbocycles. The first-order valence-corrected chi connectivity index (χ1v) is 13.3. The third-order valence-electron chi connectivity index (χ3n) is 6.56. The number of nitrogens with zero attached hydrogens (tertiary/aromatic N) is 4. The molecular formula is C28H27N5O2S. The average molecular weight is 498 g/mol. The summed E-state index contributed by atoms with van der Waals surface area (Å²) in [7, 11) is -3.75. The molecule has 2 heterocycles. The maximum atomic E-state index is 14.0. The van der Waals surface area contributed by atoms with Gasteiger partial charge in [0.2, 0.25) is 10.0 Å². The van der Waals surface area contributed by atoms with Gasteiger partial charge in [0, 0.05) is 31.0 Å². The molecule has 4 aromatic rings. The van der Waals surface area contributed by atoms with Gasteiger partial charge in [0.1, 0.15) is 0 Å². The van der Waals surface area contributed by atoms with Gasteiger partial charge >= 0.3 is 0 Å². The van der Waals surface area contributed by atoms with E-state index in [0.717, 1.165) is 22.5 Å². The van der Waals surface area contributed by atoms with Gasteiger partial charge in [-0.25, -0.2) is 18.2 Å². The quantitative estimate of drug-likeness (QED) is 0.354. The summed E-state index contributed by atoms with van der Waals surface area (Å²) in [5, 5.41) is 0. The highest BCUT2D eigenvalue weighted by molar-refractivity contribution is 7.89. The molecule has 0 amide bonds. The number of hydrogen-bond acceptors (Lipinski definition) is 4. The molecule has 8 heteroatoms. The largest absolute Gasteiger partial charge is 0.364 e. The molecule has 5 rings (SSSR count). The van der Waals surface area contributed by atoms with Crippen molar-refractivity contribution in [3.63, 3.8) is 0 Å². The number of rotatable bonds is 8. The minimum atomic E-state index is -3.75. The van der Waals surface area contributed by atoms with Gasteiger partial charge in [-0.15, -0.1) is 0 Å². The third kappa shape index (κ3) is 5.03. The van der Waals surface area contributed by atoms with Gasteiger partial charge in [0.25, 0.3) is 0 Å². The van der Waals surface area contributed by atoms with Crippen LogP contribution in [0.15, 0.2) is 96.3 Å². The van der Waals surface area contributed by atoms with Crippen LogP contribution in [0.4, 0.5) is 11.4 Å². The number of anilines is 1. The van der Waals surface area contributed by atoms with E-state index in [1.807, 2.05) is 54.6 Å². The highest BCUT2D eigenvalue weighted by atomic mass is 32.2. The summed E-state index contributed by atoms with van der Waals surface area (Å²) in [4.78, 5) is 13.4. The zero-order valence-electron chi connectivity index (χ0n) is 19.8. The first-order chi connectivity index (χ1) is 17.5. The molecular weight excluding hydrogens is 470 g/mol. The van der Waals surface area contributed by atoms with Crippen molar-refractivity contribution in [2.45, 2.75) is 30.3 Å². The van der Waals surface area contributed by atoms with Crippen molar-refractivity contribution >= 4 is 21.4 Å². The van der Waals surface area contributed by atoms with E-state index in [4.69, 9.17) is 6.57 Å². The van der Waals surface area contributed by atoms with Gasteiger partial charge in [-0.1, -0.05) is 60.7 Å². The zero-order valence-corrected chi connectivity index (χ0v) is 20.6. The smallest absolute Gasteiger partial charge is 0.243 e. The number of sulfonamides is 1. The second kappa shape index (κ2) is 10.4. The fraction of sp³-hybridized carbons (Fsp3) is 0.214.